The first kappa shape index (κ1) is 13.8. The van der Waals surface area contributed by atoms with E-state index in [-0.39, 0.29) is 0 Å². The lowest BCUT2D eigenvalue weighted by molar-refractivity contribution is -0.115. The average Bonchev–Trinajstić information content (AvgIpc) is 2.90. The Morgan fingerprint density at radius 1 is 1.33 bits per heavy atom. The van der Waals surface area contributed by atoms with E-state index in [0.717, 1.165) is 38.5 Å². The number of nitrogens with zero attached hydrogens (tertiary/aromatic N) is 1. The van der Waals surface area contributed by atoms with Crippen molar-refractivity contribution in [3.8, 4) is 0 Å². The molecule has 1 saturated heterocycles. The van der Waals surface area contributed by atoms with Gasteiger partial charge in [-0.05, 0) is 70.0 Å². The number of carbonyl (C=O) groups is 1. The van der Waals surface area contributed by atoms with Crippen molar-refractivity contribution in [3.05, 3.63) is 12.7 Å². The van der Waals surface area contributed by atoms with Crippen LogP contribution in [0.2, 0.25) is 0 Å². The Balaban J connectivity index is 1.89. The topological polar surface area (TPSA) is 46.3 Å². The van der Waals surface area contributed by atoms with Gasteiger partial charge in [-0.2, -0.15) is 0 Å². The van der Waals surface area contributed by atoms with Gasteiger partial charge in [-0.25, -0.2) is 0 Å². The number of likely N-dealkylation sites (tertiary alicyclic amines) is 1. The highest BCUT2D eigenvalue weighted by atomic mass is 16.1. The molecule has 2 rings (SSSR count). The molecular weight excluding hydrogens is 224 g/mol. The van der Waals surface area contributed by atoms with Crippen molar-refractivity contribution >= 4 is 6.29 Å². The van der Waals surface area contributed by atoms with Crippen LogP contribution in [0.5, 0.6) is 0 Å². The first-order valence-electron chi connectivity index (χ1n) is 7.28. The first-order valence-corrected chi connectivity index (χ1v) is 7.28. The number of allylic oxidation sites excluding steroid dienone is 1. The smallest absolute Gasteiger partial charge is 0.140 e. The van der Waals surface area contributed by atoms with E-state index in [9.17, 15) is 4.79 Å². The fourth-order valence-corrected chi connectivity index (χ4v) is 3.51. The van der Waals surface area contributed by atoms with Crippen molar-refractivity contribution in [2.75, 3.05) is 19.6 Å². The molecule has 1 aliphatic carbocycles. The summed E-state index contributed by atoms with van der Waals surface area (Å²) in [6.07, 6.45) is 9.67. The second-order valence-electron chi connectivity index (χ2n) is 6.04. The number of rotatable bonds is 5. The van der Waals surface area contributed by atoms with Gasteiger partial charge in [0.2, 0.25) is 0 Å². The summed E-state index contributed by atoms with van der Waals surface area (Å²) in [6, 6.07) is 0. The summed E-state index contributed by atoms with van der Waals surface area (Å²) < 4.78 is 0. The van der Waals surface area contributed by atoms with Crippen molar-refractivity contribution in [2.24, 2.45) is 17.6 Å². The van der Waals surface area contributed by atoms with E-state index in [1.165, 1.54) is 25.9 Å². The molecule has 3 atom stereocenters. The summed E-state index contributed by atoms with van der Waals surface area (Å²) >= 11 is 0. The van der Waals surface area contributed by atoms with Crippen LogP contribution in [-0.2, 0) is 4.79 Å². The normalized spacial score (nSPS) is 37.6. The minimum absolute atomic E-state index is 0.354. The Labute approximate surface area is 110 Å². The molecule has 0 amide bonds. The lowest BCUT2D eigenvalue weighted by Crippen LogP contribution is -2.53. The summed E-state index contributed by atoms with van der Waals surface area (Å²) in [6.45, 7) is 7.39. The maximum absolute atomic E-state index is 11.4. The first-order chi connectivity index (χ1) is 8.68. The molecule has 1 aliphatic heterocycles. The Bertz CT molecular complexity index is 299. The van der Waals surface area contributed by atoms with Gasteiger partial charge in [0, 0.05) is 0 Å². The monoisotopic (exact) mass is 250 g/mol. The molecule has 0 aromatic carbocycles. The highest BCUT2D eigenvalue weighted by Gasteiger charge is 2.40. The summed E-state index contributed by atoms with van der Waals surface area (Å²) in [5, 5.41) is 0. The second-order valence-corrected chi connectivity index (χ2v) is 6.04. The zero-order chi connectivity index (χ0) is 13.0. The van der Waals surface area contributed by atoms with E-state index >= 15 is 0 Å². The number of hydrogen-bond donors (Lipinski definition) is 1. The minimum Gasteiger partial charge on any atom is -0.319 e. The highest BCUT2D eigenvalue weighted by molar-refractivity contribution is 5.64. The summed E-state index contributed by atoms with van der Waals surface area (Å²) in [5.74, 6) is 0.773. The molecule has 3 heteroatoms. The maximum Gasteiger partial charge on any atom is 0.140 e. The molecule has 0 aromatic heterocycles. The third-order valence-corrected chi connectivity index (χ3v) is 4.81. The summed E-state index contributed by atoms with van der Waals surface area (Å²) in [4.78, 5) is 13.9. The van der Waals surface area contributed by atoms with E-state index in [0.29, 0.717) is 11.8 Å². The zero-order valence-electron chi connectivity index (χ0n) is 11.3. The van der Waals surface area contributed by atoms with Gasteiger partial charge in [-0.1, -0.05) is 6.08 Å². The Kier molecular flexibility index (Phi) is 4.57. The van der Waals surface area contributed by atoms with Crippen LogP contribution >= 0.6 is 0 Å². The van der Waals surface area contributed by atoms with Crippen LogP contribution in [0, 0.1) is 11.8 Å². The quantitative estimate of drug-likeness (QED) is 0.599. The highest BCUT2D eigenvalue weighted by Crippen LogP contribution is 2.37. The third kappa shape index (κ3) is 3.01. The van der Waals surface area contributed by atoms with Crippen LogP contribution in [0.25, 0.3) is 0 Å². The molecule has 102 valence electrons. The fraction of sp³-hybridized carbons (Fsp3) is 0.800. The standard InChI is InChI=1S/C15H26N2O/c1-2-13-5-6-14(15(16,11-13)12-18)7-10-17-8-3-4-9-17/h2,12-14H,1,3-11,16H2/t13-,14?,15?/m1/s1. The molecular formula is C15H26N2O. The largest absolute Gasteiger partial charge is 0.319 e. The molecule has 2 fully saturated rings. The molecule has 0 bridgehead atoms. The molecule has 3 nitrogen and oxygen atoms in total. The molecule has 2 unspecified atom stereocenters. The van der Waals surface area contributed by atoms with E-state index < -0.39 is 5.54 Å². The number of aldehydes is 1. The maximum atomic E-state index is 11.4. The SMILES string of the molecule is C=C[C@@H]1CCC(CCN2CCCC2)C(N)(C=O)C1. The van der Waals surface area contributed by atoms with Crippen LogP contribution in [-0.4, -0.2) is 36.4 Å². The molecule has 2 aliphatic rings. The predicted molar refractivity (Wildman–Crippen MR) is 74.3 cm³/mol. The van der Waals surface area contributed by atoms with Gasteiger partial charge in [-0.15, -0.1) is 6.58 Å². The average molecular weight is 250 g/mol. The molecule has 0 radical (unpaired) electrons. The summed E-state index contributed by atoms with van der Waals surface area (Å²) in [5.41, 5.74) is 5.70. The van der Waals surface area contributed by atoms with Crippen LogP contribution in [0.4, 0.5) is 0 Å². The molecule has 1 saturated carbocycles. The zero-order valence-corrected chi connectivity index (χ0v) is 11.3. The van der Waals surface area contributed by atoms with Gasteiger partial charge in [0.25, 0.3) is 0 Å². The second kappa shape index (κ2) is 5.98. The van der Waals surface area contributed by atoms with Crippen molar-refractivity contribution in [1.82, 2.24) is 4.90 Å². The Hall–Kier alpha value is -0.670. The van der Waals surface area contributed by atoms with Crippen LogP contribution in [0.3, 0.4) is 0 Å². The van der Waals surface area contributed by atoms with E-state index in [1.807, 2.05) is 6.08 Å². The van der Waals surface area contributed by atoms with Gasteiger partial charge in [0.05, 0.1) is 5.54 Å². The van der Waals surface area contributed by atoms with Crippen LogP contribution in [0.1, 0.15) is 38.5 Å². The van der Waals surface area contributed by atoms with E-state index in [1.54, 1.807) is 0 Å². The van der Waals surface area contributed by atoms with Gasteiger partial charge in [-0.3, -0.25) is 0 Å². The Morgan fingerprint density at radius 3 is 2.67 bits per heavy atom. The lowest BCUT2D eigenvalue weighted by atomic mass is 9.68. The van der Waals surface area contributed by atoms with Gasteiger partial charge >= 0.3 is 0 Å². The molecule has 1 heterocycles. The van der Waals surface area contributed by atoms with E-state index in [2.05, 4.69) is 11.5 Å². The third-order valence-electron chi connectivity index (χ3n) is 4.81. The van der Waals surface area contributed by atoms with Gasteiger partial charge in [0.15, 0.2) is 0 Å². The minimum atomic E-state index is -0.614. The van der Waals surface area contributed by atoms with Crippen LogP contribution < -0.4 is 5.73 Å². The number of nitrogens with two attached hydrogens (primary N) is 1. The van der Waals surface area contributed by atoms with Crippen molar-refractivity contribution < 1.29 is 4.79 Å². The van der Waals surface area contributed by atoms with Crippen molar-refractivity contribution in [1.29, 1.82) is 0 Å². The number of hydrogen-bond acceptors (Lipinski definition) is 3. The molecule has 18 heavy (non-hydrogen) atoms. The van der Waals surface area contributed by atoms with Crippen molar-refractivity contribution in [2.45, 2.75) is 44.1 Å². The van der Waals surface area contributed by atoms with Crippen molar-refractivity contribution in [3.63, 3.8) is 0 Å². The summed E-state index contributed by atoms with van der Waals surface area (Å²) in [7, 11) is 0. The van der Waals surface area contributed by atoms with Crippen LogP contribution in [0.15, 0.2) is 12.7 Å². The van der Waals surface area contributed by atoms with Gasteiger partial charge < -0.3 is 15.4 Å². The van der Waals surface area contributed by atoms with E-state index in [4.69, 9.17) is 5.73 Å². The number of carbonyl (C=O) groups excluding carboxylic acids is 1. The Morgan fingerprint density at radius 2 is 2.06 bits per heavy atom. The predicted octanol–water partition coefficient (Wildman–Crippen LogP) is 1.97. The molecule has 0 aromatic rings. The lowest BCUT2D eigenvalue weighted by Gasteiger charge is -2.40. The fourth-order valence-electron chi connectivity index (χ4n) is 3.51. The molecule has 2 N–H and O–H groups in total. The molecule has 0 spiro atoms. The van der Waals surface area contributed by atoms with Gasteiger partial charge in [0.1, 0.15) is 6.29 Å².